The molecule has 3 N–H and O–H groups in total. The molecule has 1 aromatic rings. The van der Waals surface area contributed by atoms with Gasteiger partial charge in [0.2, 0.25) is 5.91 Å². The zero-order valence-electron chi connectivity index (χ0n) is 16.4. The van der Waals surface area contributed by atoms with Gasteiger partial charge in [0, 0.05) is 5.70 Å². The highest BCUT2D eigenvalue weighted by molar-refractivity contribution is 8.03. The Kier molecular flexibility index (Phi) is 7.92. The number of carbonyl (C=O) groups is 2. The molecule has 0 bridgehead atoms. The van der Waals surface area contributed by atoms with E-state index in [1.807, 2.05) is 19.1 Å². The van der Waals surface area contributed by atoms with Crippen LogP contribution in [0.5, 0.6) is 5.75 Å². The van der Waals surface area contributed by atoms with E-state index in [1.165, 1.54) is 6.08 Å². The summed E-state index contributed by atoms with van der Waals surface area (Å²) in [6, 6.07) is 9.37. The first kappa shape index (κ1) is 22.1. The lowest BCUT2D eigenvalue weighted by molar-refractivity contribution is -0.138. The third-order valence-electron chi connectivity index (χ3n) is 4.08. The fraction of sp³-hybridized carbons (Fsp3) is 0.286. The van der Waals surface area contributed by atoms with Crippen molar-refractivity contribution in [2.75, 3.05) is 19.0 Å². The van der Waals surface area contributed by atoms with Gasteiger partial charge < -0.3 is 20.5 Å². The minimum atomic E-state index is -0.649. The van der Waals surface area contributed by atoms with Crippen LogP contribution in [0.1, 0.15) is 25.3 Å². The molecule has 0 spiro atoms. The first-order valence-electron chi connectivity index (χ1n) is 8.96. The largest absolute Gasteiger partial charge is 0.494 e. The Hall–Kier alpha value is -3.18. The molecule has 0 unspecified atom stereocenters. The van der Waals surface area contributed by atoms with Gasteiger partial charge in [-0.25, -0.2) is 4.79 Å². The Morgan fingerprint density at radius 3 is 2.62 bits per heavy atom. The third-order valence-corrected chi connectivity index (χ3v) is 5.12. The number of carbonyl (C=O) groups excluding carboxylic acids is 2. The number of primary amides is 1. The molecular weight excluding hydrogens is 390 g/mol. The molecule has 0 aromatic heterocycles. The van der Waals surface area contributed by atoms with Gasteiger partial charge in [-0.3, -0.25) is 4.79 Å². The van der Waals surface area contributed by atoms with Crippen LogP contribution in [0.3, 0.4) is 0 Å². The van der Waals surface area contributed by atoms with Gasteiger partial charge in [-0.1, -0.05) is 36.5 Å². The van der Waals surface area contributed by atoms with E-state index in [0.29, 0.717) is 34.2 Å². The van der Waals surface area contributed by atoms with Gasteiger partial charge in [-0.15, -0.1) is 0 Å². The van der Waals surface area contributed by atoms with Gasteiger partial charge in [0.05, 0.1) is 40.5 Å². The van der Waals surface area contributed by atoms with E-state index in [-0.39, 0.29) is 12.4 Å². The summed E-state index contributed by atoms with van der Waals surface area (Å²) in [6.45, 7) is 7.75. The summed E-state index contributed by atoms with van der Waals surface area (Å²) >= 11 is 1.13. The van der Waals surface area contributed by atoms with Crippen LogP contribution >= 0.6 is 11.8 Å². The summed E-state index contributed by atoms with van der Waals surface area (Å²) in [6.07, 6.45) is 1.48. The first-order valence-corrected chi connectivity index (χ1v) is 9.95. The fourth-order valence-electron chi connectivity index (χ4n) is 2.91. The molecule has 0 saturated carbocycles. The highest BCUT2D eigenvalue weighted by Gasteiger charge is 2.35. The molecule has 1 atom stereocenters. The molecule has 152 valence electrons. The number of amides is 1. The van der Waals surface area contributed by atoms with E-state index in [0.717, 1.165) is 17.3 Å². The second-order valence-corrected chi connectivity index (χ2v) is 7.08. The number of ether oxygens (including phenoxy) is 2. The van der Waals surface area contributed by atoms with Crippen LogP contribution in [0, 0.1) is 11.3 Å². The van der Waals surface area contributed by atoms with Crippen LogP contribution in [0.15, 0.2) is 58.8 Å². The number of nitrogens with one attached hydrogen (secondary N) is 1. The topological polar surface area (TPSA) is 114 Å². The summed E-state index contributed by atoms with van der Waals surface area (Å²) in [5, 5.41) is 13.4. The van der Waals surface area contributed by atoms with Crippen molar-refractivity contribution in [3.63, 3.8) is 0 Å². The van der Waals surface area contributed by atoms with Crippen LogP contribution < -0.4 is 15.8 Å². The number of esters is 1. The van der Waals surface area contributed by atoms with Crippen molar-refractivity contribution < 1.29 is 19.1 Å². The summed E-state index contributed by atoms with van der Waals surface area (Å²) in [5.74, 6) is -0.998. The highest BCUT2D eigenvalue weighted by atomic mass is 32.2. The Morgan fingerprint density at radius 1 is 1.38 bits per heavy atom. The summed E-state index contributed by atoms with van der Waals surface area (Å²) in [4.78, 5) is 24.0. The molecule has 1 aromatic carbocycles. The molecule has 0 aliphatic carbocycles. The Labute approximate surface area is 174 Å². The molecule has 0 fully saturated rings. The molecule has 2 rings (SSSR count). The van der Waals surface area contributed by atoms with E-state index in [9.17, 15) is 14.9 Å². The van der Waals surface area contributed by atoms with Gasteiger partial charge >= 0.3 is 5.97 Å². The molecule has 7 nitrogen and oxygen atoms in total. The number of benzene rings is 1. The number of nitrogens with zero attached hydrogens (tertiary/aromatic N) is 1. The number of hydrogen-bond donors (Lipinski definition) is 2. The van der Waals surface area contributed by atoms with Crippen molar-refractivity contribution in [2.45, 2.75) is 19.8 Å². The maximum atomic E-state index is 12.7. The van der Waals surface area contributed by atoms with Crippen molar-refractivity contribution in [3.8, 4) is 11.8 Å². The zero-order chi connectivity index (χ0) is 21.4. The minimum absolute atomic E-state index is 0.00698. The van der Waals surface area contributed by atoms with E-state index in [1.54, 1.807) is 19.1 Å². The quantitative estimate of drug-likeness (QED) is 0.472. The van der Waals surface area contributed by atoms with E-state index >= 15 is 0 Å². The molecule has 1 heterocycles. The van der Waals surface area contributed by atoms with Gasteiger partial charge in [0.15, 0.2) is 0 Å². The van der Waals surface area contributed by atoms with Crippen molar-refractivity contribution in [3.05, 3.63) is 64.4 Å². The van der Waals surface area contributed by atoms with E-state index in [4.69, 9.17) is 15.2 Å². The van der Waals surface area contributed by atoms with Crippen molar-refractivity contribution in [1.82, 2.24) is 5.32 Å². The number of thioether (sulfide) groups is 1. The maximum absolute atomic E-state index is 12.7. The van der Waals surface area contributed by atoms with Crippen LogP contribution in [0.2, 0.25) is 0 Å². The second kappa shape index (κ2) is 10.4. The molecule has 1 aliphatic heterocycles. The lowest BCUT2D eigenvalue weighted by atomic mass is 9.82. The van der Waals surface area contributed by atoms with Gasteiger partial charge in [-0.05, 0) is 31.5 Å². The molecule has 29 heavy (non-hydrogen) atoms. The minimum Gasteiger partial charge on any atom is -0.494 e. The second-order valence-electron chi connectivity index (χ2n) is 6.10. The zero-order valence-corrected chi connectivity index (χ0v) is 17.2. The number of allylic oxidation sites excluding steroid dienone is 2. The number of nitriles is 1. The van der Waals surface area contributed by atoms with Crippen LogP contribution in [0.25, 0.3) is 0 Å². The Balaban J connectivity index is 2.53. The smallest absolute Gasteiger partial charge is 0.337 e. The van der Waals surface area contributed by atoms with E-state index < -0.39 is 17.8 Å². The molecular formula is C21H23N3O4S. The summed E-state index contributed by atoms with van der Waals surface area (Å²) in [7, 11) is 0. The van der Waals surface area contributed by atoms with Crippen LogP contribution in [-0.2, 0) is 14.3 Å². The average molecular weight is 413 g/mol. The van der Waals surface area contributed by atoms with Gasteiger partial charge in [0.25, 0.3) is 0 Å². The lowest BCUT2D eigenvalue weighted by Gasteiger charge is -2.29. The molecule has 1 aliphatic rings. The fourth-order valence-corrected chi connectivity index (χ4v) is 3.74. The number of nitrogens with two attached hydrogens (primary N) is 1. The van der Waals surface area contributed by atoms with Gasteiger partial charge in [-0.2, -0.15) is 5.26 Å². The predicted molar refractivity (Wildman–Crippen MR) is 112 cm³/mol. The Bertz CT molecular complexity index is 897. The number of dihydropyridines is 1. The van der Waals surface area contributed by atoms with Crippen molar-refractivity contribution in [1.29, 1.82) is 5.26 Å². The van der Waals surface area contributed by atoms with Crippen molar-refractivity contribution in [2.24, 2.45) is 5.73 Å². The predicted octanol–water partition coefficient (Wildman–Crippen LogP) is 2.73. The van der Waals surface area contributed by atoms with Crippen LogP contribution in [0.4, 0.5) is 0 Å². The van der Waals surface area contributed by atoms with Crippen LogP contribution in [-0.4, -0.2) is 30.8 Å². The summed E-state index contributed by atoms with van der Waals surface area (Å²) < 4.78 is 10.7. The SMILES string of the molecule is C=CCOC(=O)C1=C(C)NC(SCC(N)=O)=C(C#N)[C@H]1c1ccc(OCC)cc1. The van der Waals surface area contributed by atoms with Crippen molar-refractivity contribution >= 4 is 23.6 Å². The molecule has 8 heteroatoms. The monoisotopic (exact) mass is 413 g/mol. The standard InChI is InChI=1S/C21H23N3O4S/c1-4-10-28-21(26)18-13(3)24-20(29-12-17(23)25)16(11-22)19(18)14-6-8-15(9-7-14)27-5-2/h4,6-9,19,24H,1,5,10,12H2,2-3H3,(H2,23,25)/t19-/m1/s1. The lowest BCUT2D eigenvalue weighted by Crippen LogP contribution is -2.29. The Morgan fingerprint density at radius 2 is 2.07 bits per heavy atom. The number of rotatable bonds is 9. The molecule has 0 saturated heterocycles. The normalized spacial score (nSPS) is 16.0. The third kappa shape index (κ3) is 5.42. The average Bonchev–Trinajstić information content (AvgIpc) is 2.70. The first-order chi connectivity index (χ1) is 13.9. The molecule has 0 radical (unpaired) electrons. The molecule has 1 amide bonds. The summed E-state index contributed by atoms with van der Waals surface area (Å²) in [5.41, 5.74) is 7.17. The van der Waals surface area contributed by atoms with E-state index in [2.05, 4.69) is 18.0 Å². The highest BCUT2D eigenvalue weighted by Crippen LogP contribution is 2.41. The maximum Gasteiger partial charge on any atom is 0.337 e. The van der Waals surface area contributed by atoms with Gasteiger partial charge in [0.1, 0.15) is 12.4 Å². The number of hydrogen-bond acceptors (Lipinski definition) is 7.